The third-order valence-electron chi connectivity index (χ3n) is 6.93. The quantitative estimate of drug-likeness (QED) is 0.254. The van der Waals surface area contributed by atoms with Crippen LogP contribution in [0.4, 0.5) is 0 Å². The summed E-state index contributed by atoms with van der Waals surface area (Å²) in [4.78, 5) is 0. The van der Waals surface area contributed by atoms with Gasteiger partial charge in [-0.3, -0.25) is 0 Å². The third kappa shape index (κ3) is 6.54. The Morgan fingerprint density at radius 1 is 0.708 bits per heavy atom. The van der Waals surface area contributed by atoms with Crippen LogP contribution < -0.4 is 0 Å². The van der Waals surface area contributed by atoms with Crippen molar-refractivity contribution >= 4 is 0 Å². The zero-order valence-corrected chi connectivity index (χ0v) is 16.1. The molecule has 1 aliphatic heterocycles. The molecule has 0 aromatic rings. The summed E-state index contributed by atoms with van der Waals surface area (Å²) in [7, 11) is 0. The normalized spacial score (nSPS) is 37.0. The van der Waals surface area contributed by atoms with Crippen LogP contribution in [0.15, 0.2) is 12.2 Å². The number of hydrogen-bond donors (Lipinski definition) is 0. The number of unbranched alkanes of at least 4 members (excludes halogenated alkanes) is 1. The van der Waals surface area contributed by atoms with Gasteiger partial charge in [-0.1, -0.05) is 51.2 Å². The number of hydrogen-bond acceptors (Lipinski definition) is 1. The molecular formula is C23H40O. The molecule has 1 atom stereocenters. The monoisotopic (exact) mass is 332 g/mol. The van der Waals surface area contributed by atoms with Crippen molar-refractivity contribution in [3.8, 4) is 0 Å². The summed E-state index contributed by atoms with van der Waals surface area (Å²) in [6.07, 6.45) is 26.1. The molecule has 0 amide bonds. The van der Waals surface area contributed by atoms with Gasteiger partial charge in [0.05, 0.1) is 12.7 Å². The zero-order valence-electron chi connectivity index (χ0n) is 16.1. The van der Waals surface area contributed by atoms with E-state index in [9.17, 15) is 0 Å². The maximum atomic E-state index is 5.30. The fourth-order valence-corrected chi connectivity index (χ4v) is 5.10. The highest BCUT2D eigenvalue weighted by Crippen LogP contribution is 2.35. The average molecular weight is 333 g/mol. The van der Waals surface area contributed by atoms with Crippen molar-refractivity contribution in [3.05, 3.63) is 12.2 Å². The van der Waals surface area contributed by atoms with Gasteiger partial charge in [0.1, 0.15) is 0 Å². The molecule has 0 bridgehead atoms. The largest absolute Gasteiger partial charge is 0.373 e. The second-order valence-corrected chi connectivity index (χ2v) is 8.97. The van der Waals surface area contributed by atoms with Crippen LogP contribution in [0.3, 0.4) is 0 Å². The molecule has 0 spiro atoms. The first kappa shape index (κ1) is 18.5. The van der Waals surface area contributed by atoms with Crippen molar-refractivity contribution in [2.75, 3.05) is 6.61 Å². The zero-order chi connectivity index (χ0) is 16.6. The van der Waals surface area contributed by atoms with Crippen LogP contribution in [0, 0.1) is 23.7 Å². The smallest absolute Gasteiger partial charge is 0.0810 e. The summed E-state index contributed by atoms with van der Waals surface area (Å²) < 4.78 is 5.30. The summed E-state index contributed by atoms with van der Waals surface area (Å²) in [6, 6.07) is 0. The predicted octanol–water partition coefficient (Wildman–Crippen LogP) is 6.91. The van der Waals surface area contributed by atoms with Crippen molar-refractivity contribution < 1.29 is 4.74 Å². The van der Waals surface area contributed by atoms with Gasteiger partial charge in [0.25, 0.3) is 0 Å². The van der Waals surface area contributed by atoms with Gasteiger partial charge in [-0.15, -0.1) is 0 Å². The number of ether oxygens (including phenoxy) is 1. The highest BCUT2D eigenvalue weighted by atomic mass is 16.6. The van der Waals surface area contributed by atoms with E-state index >= 15 is 0 Å². The molecule has 2 aliphatic carbocycles. The number of allylic oxidation sites excluding steroid dienone is 2. The van der Waals surface area contributed by atoms with E-state index in [0.717, 1.165) is 30.3 Å². The topological polar surface area (TPSA) is 12.5 Å². The van der Waals surface area contributed by atoms with Crippen molar-refractivity contribution in [1.82, 2.24) is 0 Å². The molecule has 1 heterocycles. The molecule has 1 saturated heterocycles. The molecule has 1 nitrogen and oxygen atoms in total. The van der Waals surface area contributed by atoms with Gasteiger partial charge >= 0.3 is 0 Å². The molecule has 0 N–H and O–H groups in total. The highest BCUT2D eigenvalue weighted by molar-refractivity contribution is 4.96. The molecular weight excluding hydrogens is 292 g/mol. The summed E-state index contributed by atoms with van der Waals surface area (Å²) in [5.41, 5.74) is 0. The number of epoxide rings is 1. The second kappa shape index (κ2) is 10.00. The van der Waals surface area contributed by atoms with Gasteiger partial charge < -0.3 is 4.74 Å². The Morgan fingerprint density at radius 3 is 1.71 bits per heavy atom. The third-order valence-corrected chi connectivity index (χ3v) is 6.93. The molecule has 3 aliphatic rings. The summed E-state index contributed by atoms with van der Waals surface area (Å²) >= 11 is 0. The van der Waals surface area contributed by atoms with Crippen LogP contribution in [0.2, 0.25) is 0 Å². The summed E-state index contributed by atoms with van der Waals surface area (Å²) in [5.74, 6) is 3.87. The molecule has 3 fully saturated rings. The summed E-state index contributed by atoms with van der Waals surface area (Å²) in [6.45, 7) is 3.38. The first-order valence-corrected chi connectivity index (χ1v) is 11.1. The highest BCUT2D eigenvalue weighted by Gasteiger charge is 2.23. The van der Waals surface area contributed by atoms with Crippen LogP contribution >= 0.6 is 0 Å². The molecule has 1 unspecified atom stereocenters. The Labute approximate surface area is 150 Å². The molecule has 0 aromatic heterocycles. The van der Waals surface area contributed by atoms with E-state index in [1.807, 2.05) is 0 Å². The molecule has 0 radical (unpaired) electrons. The Balaban J connectivity index is 1.25. The Morgan fingerprint density at radius 2 is 1.21 bits per heavy atom. The minimum Gasteiger partial charge on any atom is -0.373 e. The average Bonchev–Trinajstić information content (AvgIpc) is 3.44. The van der Waals surface area contributed by atoms with Crippen LogP contribution in [0.5, 0.6) is 0 Å². The molecule has 1 heteroatoms. The molecule has 0 aromatic carbocycles. The minimum atomic E-state index is 0.642. The first-order valence-electron chi connectivity index (χ1n) is 11.1. The van der Waals surface area contributed by atoms with E-state index < -0.39 is 0 Å². The standard InChI is InChI=1S/C23H40O/c1-2-5-19-8-12-21(13-9-19)16-17-22-14-10-20(11-15-22)6-3-4-7-23-18-24-23/h16-17,19-23H,2-15,18H2,1H3. The number of rotatable bonds is 9. The minimum absolute atomic E-state index is 0.642. The predicted molar refractivity (Wildman–Crippen MR) is 103 cm³/mol. The van der Waals surface area contributed by atoms with Crippen LogP contribution in [-0.4, -0.2) is 12.7 Å². The molecule has 138 valence electrons. The maximum Gasteiger partial charge on any atom is 0.0810 e. The van der Waals surface area contributed by atoms with Gasteiger partial charge in [-0.25, -0.2) is 0 Å². The molecule has 2 saturated carbocycles. The van der Waals surface area contributed by atoms with Crippen LogP contribution in [0.25, 0.3) is 0 Å². The van der Waals surface area contributed by atoms with E-state index in [2.05, 4.69) is 19.1 Å². The lowest BCUT2D eigenvalue weighted by molar-refractivity contribution is 0.280. The van der Waals surface area contributed by atoms with Crippen LogP contribution in [-0.2, 0) is 4.74 Å². The lowest BCUT2D eigenvalue weighted by Gasteiger charge is -2.29. The van der Waals surface area contributed by atoms with E-state index in [4.69, 9.17) is 4.74 Å². The first-order chi connectivity index (χ1) is 11.8. The van der Waals surface area contributed by atoms with Gasteiger partial charge in [0.15, 0.2) is 0 Å². The lowest BCUT2D eigenvalue weighted by Crippen LogP contribution is -2.15. The van der Waals surface area contributed by atoms with E-state index in [1.165, 1.54) is 89.9 Å². The van der Waals surface area contributed by atoms with E-state index in [0.29, 0.717) is 6.10 Å². The van der Waals surface area contributed by atoms with Gasteiger partial charge in [-0.05, 0) is 81.5 Å². The van der Waals surface area contributed by atoms with Crippen molar-refractivity contribution in [2.45, 2.75) is 103 Å². The fourth-order valence-electron chi connectivity index (χ4n) is 5.10. The maximum absolute atomic E-state index is 5.30. The van der Waals surface area contributed by atoms with Gasteiger partial charge in [0.2, 0.25) is 0 Å². The second-order valence-electron chi connectivity index (χ2n) is 8.97. The lowest BCUT2D eigenvalue weighted by atomic mass is 9.77. The Bertz CT molecular complexity index is 354. The van der Waals surface area contributed by atoms with Gasteiger partial charge in [-0.2, -0.15) is 0 Å². The summed E-state index contributed by atoms with van der Waals surface area (Å²) in [5, 5.41) is 0. The Hall–Kier alpha value is -0.300. The molecule has 3 rings (SSSR count). The Kier molecular flexibility index (Phi) is 7.70. The van der Waals surface area contributed by atoms with Crippen molar-refractivity contribution in [2.24, 2.45) is 23.7 Å². The fraction of sp³-hybridized carbons (Fsp3) is 0.913. The van der Waals surface area contributed by atoms with Crippen molar-refractivity contribution in [3.63, 3.8) is 0 Å². The van der Waals surface area contributed by atoms with E-state index in [-0.39, 0.29) is 0 Å². The molecule has 24 heavy (non-hydrogen) atoms. The van der Waals surface area contributed by atoms with Gasteiger partial charge in [0, 0.05) is 0 Å². The van der Waals surface area contributed by atoms with Crippen molar-refractivity contribution in [1.29, 1.82) is 0 Å². The van der Waals surface area contributed by atoms with Crippen LogP contribution in [0.1, 0.15) is 96.8 Å². The van der Waals surface area contributed by atoms with E-state index in [1.54, 1.807) is 0 Å². The SMILES string of the molecule is CCCC1CCC(C=CC2CCC(CCCCC3CO3)CC2)CC1.